The van der Waals surface area contributed by atoms with E-state index < -0.39 is 16.4 Å². The van der Waals surface area contributed by atoms with Crippen LogP contribution in [0.2, 0.25) is 10.0 Å². The van der Waals surface area contributed by atoms with Gasteiger partial charge >= 0.3 is 0 Å². The molecule has 0 aliphatic carbocycles. The molecule has 0 bridgehead atoms. The highest BCUT2D eigenvalue weighted by Gasteiger charge is 2.34. The van der Waals surface area contributed by atoms with Gasteiger partial charge in [-0.15, -0.1) is 0 Å². The Morgan fingerprint density at radius 3 is 1.70 bits per heavy atom. The second kappa shape index (κ2) is 8.44. The normalized spacial score (nSPS) is 12.6. The molecule has 140 valence electrons. The molecule has 1 N–H and O–H groups in total. The Labute approximate surface area is 171 Å². The van der Waals surface area contributed by atoms with Gasteiger partial charge in [0.25, 0.3) is 0 Å². The van der Waals surface area contributed by atoms with Gasteiger partial charge in [0, 0.05) is 14.9 Å². The lowest BCUT2D eigenvalue weighted by molar-refractivity contribution is 0.106. The molecule has 3 aromatic rings. The van der Waals surface area contributed by atoms with Crippen LogP contribution in [0, 0.1) is 0 Å². The summed E-state index contributed by atoms with van der Waals surface area (Å²) in [5.74, 6) is 0.671. The van der Waals surface area contributed by atoms with Crippen molar-refractivity contribution in [3.8, 4) is 5.75 Å². The zero-order chi connectivity index (χ0) is 19.4. The van der Waals surface area contributed by atoms with Crippen molar-refractivity contribution in [1.82, 2.24) is 0 Å². The Balaban J connectivity index is 1.99. The molecule has 0 spiro atoms. The zero-order valence-electron chi connectivity index (χ0n) is 14.6. The minimum atomic E-state index is -1.46. The van der Waals surface area contributed by atoms with Gasteiger partial charge in [0.15, 0.2) is 0 Å². The number of ether oxygens (including phenoxy) is 1. The predicted octanol–water partition coefficient (Wildman–Crippen LogP) is 5.05. The first kappa shape index (κ1) is 19.9. The summed E-state index contributed by atoms with van der Waals surface area (Å²) in [5.41, 5.74) is -0.243. The topological polar surface area (TPSA) is 46.5 Å². The van der Waals surface area contributed by atoms with E-state index in [1.807, 2.05) is 0 Å². The minimum Gasteiger partial charge on any atom is -0.497 e. The van der Waals surface area contributed by atoms with Crippen LogP contribution in [0.4, 0.5) is 0 Å². The lowest BCUT2D eigenvalue weighted by Gasteiger charge is -2.29. The largest absolute Gasteiger partial charge is 0.497 e. The average molecular weight is 421 g/mol. The van der Waals surface area contributed by atoms with E-state index in [4.69, 9.17) is 27.9 Å². The maximum absolute atomic E-state index is 13.0. The summed E-state index contributed by atoms with van der Waals surface area (Å²) in [6, 6.07) is 20.7. The first-order chi connectivity index (χ1) is 12.9. The fourth-order valence-corrected chi connectivity index (χ4v) is 4.36. The fraction of sp³-hybridized carbons (Fsp3) is 0.143. The molecule has 0 saturated carbocycles. The first-order valence-corrected chi connectivity index (χ1v) is 10.3. The number of aliphatic hydroxyl groups is 1. The molecule has 6 heteroatoms. The highest BCUT2D eigenvalue weighted by atomic mass is 35.5. The molecule has 3 nitrogen and oxygen atoms in total. The third-order valence-corrected chi connectivity index (χ3v) is 6.29. The first-order valence-electron chi connectivity index (χ1n) is 8.19. The van der Waals surface area contributed by atoms with E-state index >= 15 is 0 Å². The molecule has 0 saturated heterocycles. The van der Waals surface area contributed by atoms with E-state index in [-0.39, 0.29) is 5.75 Å². The van der Waals surface area contributed by atoms with Crippen LogP contribution in [0.25, 0.3) is 0 Å². The van der Waals surface area contributed by atoms with E-state index in [0.29, 0.717) is 31.8 Å². The second-order valence-electron chi connectivity index (χ2n) is 6.04. The molecule has 0 aliphatic heterocycles. The van der Waals surface area contributed by atoms with Crippen molar-refractivity contribution >= 4 is 34.0 Å². The van der Waals surface area contributed by atoms with Crippen molar-refractivity contribution in [3.63, 3.8) is 0 Å². The van der Waals surface area contributed by atoms with Gasteiger partial charge in [-0.25, -0.2) is 0 Å². The highest BCUT2D eigenvalue weighted by molar-refractivity contribution is 7.85. The Morgan fingerprint density at radius 1 is 0.852 bits per heavy atom. The molecular formula is C21H18Cl2O3S. The molecular weight excluding hydrogens is 403 g/mol. The van der Waals surface area contributed by atoms with Gasteiger partial charge in [-0.3, -0.25) is 4.21 Å². The summed E-state index contributed by atoms with van der Waals surface area (Å²) in [4.78, 5) is 0.608. The zero-order valence-corrected chi connectivity index (χ0v) is 16.9. The number of halogens is 2. The summed E-state index contributed by atoms with van der Waals surface area (Å²) in [6.45, 7) is 0. The molecule has 27 heavy (non-hydrogen) atoms. The van der Waals surface area contributed by atoms with Crippen molar-refractivity contribution in [2.75, 3.05) is 12.9 Å². The smallest absolute Gasteiger partial charge is 0.126 e. The van der Waals surface area contributed by atoms with Crippen LogP contribution in [-0.4, -0.2) is 22.2 Å². The number of benzene rings is 3. The van der Waals surface area contributed by atoms with Gasteiger partial charge in [0.05, 0.1) is 23.7 Å². The molecule has 1 atom stereocenters. The Morgan fingerprint density at radius 2 is 1.30 bits per heavy atom. The van der Waals surface area contributed by atoms with E-state index in [0.717, 1.165) is 0 Å². The van der Waals surface area contributed by atoms with Gasteiger partial charge in [-0.2, -0.15) is 0 Å². The maximum atomic E-state index is 13.0. The molecule has 0 radical (unpaired) electrons. The monoisotopic (exact) mass is 420 g/mol. The standard InChI is InChI=1S/C21H18Cl2O3S/c1-26-19-10-12-20(13-11-19)27(25)14-21(24,15-2-6-17(22)7-3-15)16-4-8-18(23)9-5-16/h2-13,24H,14H2,1H3. The van der Waals surface area contributed by atoms with Crippen molar-refractivity contribution in [3.05, 3.63) is 94.0 Å². The summed E-state index contributed by atoms with van der Waals surface area (Å²) < 4.78 is 18.1. The van der Waals surface area contributed by atoms with Crippen molar-refractivity contribution in [1.29, 1.82) is 0 Å². The number of rotatable bonds is 6. The second-order valence-corrected chi connectivity index (χ2v) is 8.36. The number of hydrogen-bond acceptors (Lipinski definition) is 3. The van der Waals surface area contributed by atoms with Gasteiger partial charge in [-0.1, -0.05) is 47.5 Å². The van der Waals surface area contributed by atoms with Crippen LogP contribution in [0.3, 0.4) is 0 Å². The molecule has 0 heterocycles. The lowest BCUT2D eigenvalue weighted by atomic mass is 9.88. The number of methoxy groups -OCH3 is 1. The summed E-state index contributed by atoms with van der Waals surface area (Å²) in [5, 5.41) is 12.7. The number of hydrogen-bond donors (Lipinski definition) is 1. The van der Waals surface area contributed by atoms with Crippen LogP contribution in [0.5, 0.6) is 5.75 Å². The molecule has 0 aromatic heterocycles. The molecule has 0 amide bonds. The van der Waals surface area contributed by atoms with Gasteiger partial charge in [0.2, 0.25) is 0 Å². The molecule has 3 rings (SSSR count). The minimum absolute atomic E-state index is 0.0113. The van der Waals surface area contributed by atoms with E-state index in [1.54, 1.807) is 79.9 Å². The van der Waals surface area contributed by atoms with Crippen LogP contribution in [-0.2, 0) is 16.4 Å². The van der Waals surface area contributed by atoms with Gasteiger partial charge in [0.1, 0.15) is 11.4 Å². The highest BCUT2D eigenvalue weighted by Crippen LogP contribution is 2.33. The Bertz CT molecular complexity index is 878. The Kier molecular flexibility index (Phi) is 6.22. The molecule has 1 unspecified atom stereocenters. The van der Waals surface area contributed by atoms with Crippen LogP contribution in [0.1, 0.15) is 11.1 Å². The Hall–Kier alpha value is -1.85. The van der Waals surface area contributed by atoms with Crippen molar-refractivity contribution < 1.29 is 14.1 Å². The average Bonchev–Trinajstić information content (AvgIpc) is 2.69. The summed E-state index contributed by atoms with van der Waals surface area (Å²) in [7, 11) is 0.129. The quantitative estimate of drug-likeness (QED) is 0.606. The molecule has 3 aromatic carbocycles. The lowest BCUT2D eigenvalue weighted by Crippen LogP contribution is -2.33. The van der Waals surface area contributed by atoms with E-state index in [2.05, 4.69) is 0 Å². The fourth-order valence-electron chi connectivity index (χ4n) is 2.79. The van der Waals surface area contributed by atoms with Crippen LogP contribution >= 0.6 is 23.2 Å². The summed E-state index contributed by atoms with van der Waals surface area (Å²) in [6.07, 6.45) is 0. The summed E-state index contributed by atoms with van der Waals surface area (Å²) >= 11 is 12.0. The van der Waals surface area contributed by atoms with Crippen molar-refractivity contribution in [2.24, 2.45) is 0 Å². The van der Waals surface area contributed by atoms with E-state index in [9.17, 15) is 9.32 Å². The van der Waals surface area contributed by atoms with Crippen molar-refractivity contribution in [2.45, 2.75) is 10.5 Å². The third kappa shape index (κ3) is 4.53. The third-order valence-electron chi connectivity index (χ3n) is 4.31. The van der Waals surface area contributed by atoms with Crippen LogP contribution in [0.15, 0.2) is 77.7 Å². The van der Waals surface area contributed by atoms with Gasteiger partial charge in [-0.05, 0) is 59.7 Å². The van der Waals surface area contributed by atoms with Crippen LogP contribution < -0.4 is 4.74 Å². The van der Waals surface area contributed by atoms with E-state index in [1.165, 1.54) is 0 Å². The predicted molar refractivity (Wildman–Crippen MR) is 110 cm³/mol. The maximum Gasteiger partial charge on any atom is 0.126 e. The molecule has 0 fully saturated rings. The van der Waals surface area contributed by atoms with Gasteiger partial charge < -0.3 is 9.84 Å². The SMILES string of the molecule is COc1ccc(S(=O)CC(O)(c2ccc(Cl)cc2)c2ccc(Cl)cc2)cc1. The molecule has 0 aliphatic rings.